The van der Waals surface area contributed by atoms with Crippen LogP contribution in [0.4, 0.5) is 4.79 Å². The average Bonchev–Trinajstić information content (AvgIpc) is 2.88. The van der Waals surface area contributed by atoms with Crippen LogP contribution in [0, 0.1) is 13.8 Å². The largest absolute Gasteiger partial charge is 0.351 e. The van der Waals surface area contributed by atoms with Crippen molar-refractivity contribution in [3.05, 3.63) is 39.9 Å². The summed E-state index contributed by atoms with van der Waals surface area (Å²) in [4.78, 5) is 14.1. The molecule has 0 bridgehead atoms. The van der Waals surface area contributed by atoms with Gasteiger partial charge in [-0.2, -0.15) is 5.10 Å². The molecule has 0 radical (unpaired) electrons. The molecule has 7 heteroatoms. The monoisotopic (exact) mass is 337 g/mol. The Bertz CT molecular complexity index is 718. The van der Waals surface area contributed by atoms with Gasteiger partial charge in [-0.3, -0.25) is 4.68 Å². The first-order chi connectivity index (χ1) is 10.7. The smallest absolute Gasteiger partial charge is 0.317 e. The van der Waals surface area contributed by atoms with Crippen LogP contribution in [0.5, 0.6) is 0 Å². The van der Waals surface area contributed by atoms with E-state index in [4.69, 9.17) is 11.6 Å². The molecule has 2 aromatic heterocycles. The Labute approximate surface area is 142 Å². The molecular weight excluding hydrogens is 314 g/mol. The van der Waals surface area contributed by atoms with Gasteiger partial charge < -0.3 is 14.8 Å². The zero-order chi connectivity index (χ0) is 17.3. The van der Waals surface area contributed by atoms with Crippen molar-refractivity contribution in [1.29, 1.82) is 0 Å². The molecule has 2 heterocycles. The van der Waals surface area contributed by atoms with Gasteiger partial charge in [-0.05, 0) is 26.8 Å². The highest BCUT2D eigenvalue weighted by Gasteiger charge is 2.20. The summed E-state index contributed by atoms with van der Waals surface area (Å²) in [6, 6.07) is 1.64. The summed E-state index contributed by atoms with van der Waals surface area (Å²) in [5.74, 6) is 0. The minimum atomic E-state index is -0.127. The SMILES string of the molecule is Cc1nn(C)c(C)c1[C@H](C)NC(=O)N(C)Cc1cc(Cl)cn1C. The number of nitrogens with one attached hydrogen (secondary N) is 1. The molecule has 2 rings (SSSR count). The molecule has 0 saturated carbocycles. The van der Waals surface area contributed by atoms with E-state index >= 15 is 0 Å². The van der Waals surface area contributed by atoms with Crippen molar-refractivity contribution in [3.8, 4) is 0 Å². The molecule has 2 aromatic rings. The molecule has 2 amide bonds. The van der Waals surface area contributed by atoms with Gasteiger partial charge in [-0.15, -0.1) is 0 Å². The third kappa shape index (κ3) is 3.69. The molecule has 0 fully saturated rings. The van der Waals surface area contributed by atoms with E-state index in [1.165, 1.54) is 0 Å². The maximum Gasteiger partial charge on any atom is 0.317 e. The number of hydrogen-bond acceptors (Lipinski definition) is 2. The van der Waals surface area contributed by atoms with E-state index in [0.717, 1.165) is 22.6 Å². The van der Waals surface area contributed by atoms with E-state index in [2.05, 4.69) is 10.4 Å². The number of urea groups is 1. The molecule has 23 heavy (non-hydrogen) atoms. The van der Waals surface area contributed by atoms with Crippen LogP contribution >= 0.6 is 11.6 Å². The number of aryl methyl sites for hydroxylation is 3. The van der Waals surface area contributed by atoms with Crippen LogP contribution in [0.25, 0.3) is 0 Å². The minimum Gasteiger partial charge on any atom is -0.351 e. The van der Waals surface area contributed by atoms with E-state index in [1.807, 2.05) is 56.4 Å². The molecule has 0 aromatic carbocycles. The molecule has 6 nitrogen and oxygen atoms in total. The Kier molecular flexibility index (Phi) is 5.04. The van der Waals surface area contributed by atoms with Crippen molar-refractivity contribution >= 4 is 17.6 Å². The molecule has 1 N–H and O–H groups in total. The lowest BCUT2D eigenvalue weighted by Crippen LogP contribution is -2.38. The third-order valence-electron chi connectivity index (χ3n) is 4.16. The summed E-state index contributed by atoms with van der Waals surface area (Å²) < 4.78 is 3.76. The average molecular weight is 338 g/mol. The van der Waals surface area contributed by atoms with Crippen LogP contribution in [-0.2, 0) is 20.6 Å². The maximum absolute atomic E-state index is 12.4. The van der Waals surface area contributed by atoms with Gasteiger partial charge >= 0.3 is 6.03 Å². The molecule has 0 aliphatic rings. The van der Waals surface area contributed by atoms with Gasteiger partial charge in [0.05, 0.1) is 23.3 Å². The first-order valence-electron chi connectivity index (χ1n) is 7.53. The Morgan fingerprint density at radius 2 is 2.09 bits per heavy atom. The van der Waals surface area contributed by atoms with Crippen LogP contribution < -0.4 is 5.32 Å². The number of aromatic nitrogens is 3. The highest BCUT2D eigenvalue weighted by atomic mass is 35.5. The second-order valence-corrected chi connectivity index (χ2v) is 6.43. The van der Waals surface area contributed by atoms with Gasteiger partial charge in [0.1, 0.15) is 0 Å². The number of rotatable bonds is 4. The zero-order valence-corrected chi connectivity index (χ0v) is 15.3. The fourth-order valence-electron chi connectivity index (χ4n) is 2.82. The Balaban J connectivity index is 2.04. The van der Waals surface area contributed by atoms with E-state index in [0.29, 0.717) is 11.6 Å². The number of carbonyl (C=O) groups excluding carboxylic acids is 1. The first kappa shape index (κ1) is 17.4. The minimum absolute atomic E-state index is 0.101. The number of hydrogen-bond donors (Lipinski definition) is 1. The van der Waals surface area contributed by atoms with Crippen molar-refractivity contribution in [2.24, 2.45) is 14.1 Å². The third-order valence-corrected chi connectivity index (χ3v) is 4.37. The Hall–Kier alpha value is -1.95. The fourth-order valence-corrected chi connectivity index (χ4v) is 3.09. The van der Waals surface area contributed by atoms with E-state index < -0.39 is 0 Å². The van der Waals surface area contributed by atoms with Crippen LogP contribution in [0.2, 0.25) is 5.02 Å². The summed E-state index contributed by atoms with van der Waals surface area (Å²) in [6.07, 6.45) is 1.83. The highest BCUT2D eigenvalue weighted by molar-refractivity contribution is 6.30. The molecule has 0 saturated heterocycles. The lowest BCUT2D eigenvalue weighted by molar-refractivity contribution is 0.202. The standard InChI is InChI=1S/C16H24ClN5O/c1-10(15-11(2)19-22(6)12(15)3)18-16(23)21(5)9-14-7-13(17)8-20(14)4/h7-8,10H,9H2,1-6H3,(H,18,23)/t10-/m0/s1. The summed E-state index contributed by atoms with van der Waals surface area (Å²) in [5, 5.41) is 8.10. The fraction of sp³-hybridized carbons (Fsp3) is 0.500. The summed E-state index contributed by atoms with van der Waals surface area (Å²) in [7, 11) is 5.59. The zero-order valence-electron chi connectivity index (χ0n) is 14.5. The van der Waals surface area contributed by atoms with E-state index in [-0.39, 0.29) is 12.1 Å². The van der Waals surface area contributed by atoms with Gasteiger partial charge in [-0.1, -0.05) is 11.6 Å². The van der Waals surface area contributed by atoms with Gasteiger partial charge in [0.15, 0.2) is 0 Å². The molecule has 0 spiro atoms. The first-order valence-corrected chi connectivity index (χ1v) is 7.91. The normalized spacial score (nSPS) is 12.3. The summed E-state index contributed by atoms with van der Waals surface area (Å²) >= 11 is 5.98. The molecule has 126 valence electrons. The Morgan fingerprint density at radius 1 is 1.43 bits per heavy atom. The van der Waals surface area contributed by atoms with Gasteiger partial charge in [0, 0.05) is 44.3 Å². The lowest BCUT2D eigenvalue weighted by Gasteiger charge is -2.22. The summed E-state index contributed by atoms with van der Waals surface area (Å²) in [6.45, 7) is 6.43. The van der Waals surface area contributed by atoms with Crippen molar-refractivity contribution in [2.75, 3.05) is 7.05 Å². The van der Waals surface area contributed by atoms with E-state index in [9.17, 15) is 4.79 Å². The van der Waals surface area contributed by atoms with Crippen LogP contribution in [0.1, 0.15) is 35.6 Å². The van der Waals surface area contributed by atoms with Crippen LogP contribution in [0.3, 0.4) is 0 Å². The van der Waals surface area contributed by atoms with E-state index in [1.54, 1.807) is 11.9 Å². The van der Waals surface area contributed by atoms with Gasteiger partial charge in [0.25, 0.3) is 0 Å². The molecule has 1 atom stereocenters. The molecular formula is C16H24ClN5O. The lowest BCUT2D eigenvalue weighted by atomic mass is 10.1. The van der Waals surface area contributed by atoms with Gasteiger partial charge in [0.2, 0.25) is 0 Å². The van der Waals surface area contributed by atoms with Crippen molar-refractivity contribution in [3.63, 3.8) is 0 Å². The second-order valence-electron chi connectivity index (χ2n) is 6.00. The van der Waals surface area contributed by atoms with Gasteiger partial charge in [-0.25, -0.2) is 4.79 Å². The quantitative estimate of drug-likeness (QED) is 0.932. The predicted molar refractivity (Wildman–Crippen MR) is 91.5 cm³/mol. The number of nitrogens with zero attached hydrogens (tertiary/aromatic N) is 4. The number of carbonyl (C=O) groups is 1. The van der Waals surface area contributed by atoms with Crippen LogP contribution in [0.15, 0.2) is 12.3 Å². The molecule has 0 aliphatic heterocycles. The molecule has 0 aliphatic carbocycles. The van der Waals surface area contributed by atoms with Crippen LogP contribution in [-0.4, -0.2) is 32.3 Å². The number of amides is 2. The number of halogens is 1. The Morgan fingerprint density at radius 3 is 2.57 bits per heavy atom. The van der Waals surface area contributed by atoms with Crippen molar-refractivity contribution < 1.29 is 4.79 Å². The topological polar surface area (TPSA) is 55.1 Å². The summed E-state index contributed by atoms with van der Waals surface area (Å²) in [5.41, 5.74) is 4.05. The predicted octanol–water partition coefficient (Wildman–Crippen LogP) is 2.93. The van der Waals surface area contributed by atoms with Crippen molar-refractivity contribution in [2.45, 2.75) is 33.4 Å². The second kappa shape index (κ2) is 6.66. The van der Waals surface area contributed by atoms with Crippen molar-refractivity contribution in [1.82, 2.24) is 24.6 Å². The molecule has 0 unspecified atom stereocenters. The maximum atomic E-state index is 12.4. The highest BCUT2D eigenvalue weighted by Crippen LogP contribution is 2.21.